The quantitative estimate of drug-likeness (QED) is 0.402. The summed E-state index contributed by atoms with van der Waals surface area (Å²) in [4.78, 5) is 2.43. The molecule has 2 atom stereocenters. The first-order valence-corrected chi connectivity index (χ1v) is 11.3. The Morgan fingerprint density at radius 3 is 2.42 bits per heavy atom. The van der Waals surface area contributed by atoms with Crippen molar-refractivity contribution in [3.8, 4) is 11.1 Å². The van der Waals surface area contributed by atoms with Gasteiger partial charge in [-0.05, 0) is 60.9 Å². The second-order valence-electron chi connectivity index (χ2n) is 8.07. The Bertz CT molecular complexity index is 1000. The summed E-state index contributed by atoms with van der Waals surface area (Å²) in [6.07, 6.45) is 26.6. The van der Waals surface area contributed by atoms with Crippen LogP contribution in [0.25, 0.3) is 11.1 Å². The summed E-state index contributed by atoms with van der Waals surface area (Å²) >= 11 is 0. The molecule has 0 saturated heterocycles. The highest BCUT2D eigenvalue weighted by atomic mass is 15.2. The molecular weight excluding hydrogens is 374 g/mol. The van der Waals surface area contributed by atoms with Gasteiger partial charge in [-0.25, -0.2) is 0 Å². The average Bonchev–Trinajstić information content (AvgIpc) is 2.85. The molecule has 2 aliphatic rings. The molecule has 0 N–H and O–H groups in total. The van der Waals surface area contributed by atoms with Crippen molar-refractivity contribution in [2.45, 2.75) is 31.7 Å². The van der Waals surface area contributed by atoms with Crippen molar-refractivity contribution in [1.29, 1.82) is 0 Å². The van der Waals surface area contributed by atoms with Crippen LogP contribution in [0, 0.1) is 5.92 Å². The van der Waals surface area contributed by atoms with Crippen molar-refractivity contribution in [2.75, 3.05) is 4.90 Å². The van der Waals surface area contributed by atoms with E-state index >= 15 is 0 Å². The van der Waals surface area contributed by atoms with E-state index in [-0.39, 0.29) is 6.04 Å². The zero-order valence-corrected chi connectivity index (χ0v) is 18.1. The molecule has 1 nitrogen and oxygen atoms in total. The third-order valence-corrected chi connectivity index (χ3v) is 5.88. The lowest BCUT2D eigenvalue weighted by Crippen LogP contribution is -2.32. The smallest absolute Gasteiger partial charge is 0.0554 e. The molecule has 2 aromatic carbocycles. The summed E-state index contributed by atoms with van der Waals surface area (Å²) in [5.41, 5.74) is 4.95. The van der Waals surface area contributed by atoms with Crippen molar-refractivity contribution >= 4 is 5.69 Å². The van der Waals surface area contributed by atoms with Gasteiger partial charge in [0.2, 0.25) is 0 Å². The second-order valence-corrected chi connectivity index (χ2v) is 8.07. The number of anilines is 1. The van der Waals surface area contributed by atoms with Gasteiger partial charge < -0.3 is 4.90 Å². The lowest BCUT2D eigenvalue weighted by atomic mass is 9.99. The summed E-state index contributed by atoms with van der Waals surface area (Å²) in [6, 6.07) is 19.7. The molecule has 2 unspecified atom stereocenters. The topological polar surface area (TPSA) is 3.24 Å². The maximum absolute atomic E-state index is 4.18. The number of allylic oxidation sites excluding steroid dienone is 8. The van der Waals surface area contributed by atoms with Crippen LogP contribution in [0.3, 0.4) is 0 Å². The predicted molar refractivity (Wildman–Crippen MR) is 135 cm³/mol. The van der Waals surface area contributed by atoms with Gasteiger partial charge in [0.15, 0.2) is 0 Å². The number of rotatable bonds is 8. The fraction of sp³-hybridized carbons (Fsp3) is 0.200. The number of hydrogen-bond donors (Lipinski definition) is 0. The van der Waals surface area contributed by atoms with E-state index in [2.05, 4.69) is 127 Å². The van der Waals surface area contributed by atoms with Crippen molar-refractivity contribution in [1.82, 2.24) is 0 Å². The minimum absolute atomic E-state index is 0.205. The van der Waals surface area contributed by atoms with Crippen molar-refractivity contribution in [3.05, 3.63) is 128 Å². The van der Waals surface area contributed by atoms with E-state index in [0.29, 0.717) is 5.92 Å². The van der Waals surface area contributed by atoms with Crippen LogP contribution < -0.4 is 4.90 Å². The van der Waals surface area contributed by atoms with Crippen LogP contribution in [-0.4, -0.2) is 6.04 Å². The Morgan fingerprint density at radius 2 is 1.74 bits per heavy atom. The molecule has 0 bridgehead atoms. The minimum atomic E-state index is 0.205. The Kier molecular flexibility index (Phi) is 7.18. The van der Waals surface area contributed by atoms with E-state index < -0.39 is 0 Å². The summed E-state index contributed by atoms with van der Waals surface area (Å²) in [6.45, 7) is 4.18. The van der Waals surface area contributed by atoms with E-state index in [1.807, 2.05) is 0 Å². The second kappa shape index (κ2) is 10.6. The summed E-state index contributed by atoms with van der Waals surface area (Å²) in [7, 11) is 0. The molecule has 31 heavy (non-hydrogen) atoms. The molecule has 0 aromatic heterocycles. The lowest BCUT2D eigenvalue weighted by molar-refractivity contribution is 0.751. The third kappa shape index (κ3) is 5.44. The Morgan fingerprint density at radius 1 is 0.935 bits per heavy atom. The van der Waals surface area contributed by atoms with Crippen LogP contribution in [0.4, 0.5) is 5.69 Å². The Labute approximate surface area is 187 Å². The maximum Gasteiger partial charge on any atom is 0.0554 e. The fourth-order valence-electron chi connectivity index (χ4n) is 4.20. The SMILES string of the molecule is C=CC(C/C=C/C1C=CC=CC1)N(C1=CCCC=C1)c1ccc(-c2ccccc2)cc1. The van der Waals surface area contributed by atoms with Crippen LogP contribution in [0.5, 0.6) is 0 Å². The molecule has 0 aliphatic heterocycles. The fourth-order valence-corrected chi connectivity index (χ4v) is 4.20. The molecule has 4 rings (SSSR count). The van der Waals surface area contributed by atoms with Gasteiger partial charge in [0.05, 0.1) is 6.04 Å². The molecule has 156 valence electrons. The molecular formula is C30H31N. The molecule has 0 amide bonds. The molecule has 0 saturated carbocycles. The van der Waals surface area contributed by atoms with Gasteiger partial charge in [0.1, 0.15) is 0 Å². The van der Waals surface area contributed by atoms with E-state index in [0.717, 1.165) is 25.7 Å². The minimum Gasteiger partial charge on any atom is -0.335 e. The van der Waals surface area contributed by atoms with E-state index in [4.69, 9.17) is 0 Å². The molecule has 1 heteroatoms. The first kappa shape index (κ1) is 20.9. The monoisotopic (exact) mass is 405 g/mol. The van der Waals surface area contributed by atoms with E-state index in [9.17, 15) is 0 Å². The van der Waals surface area contributed by atoms with Crippen molar-refractivity contribution < 1.29 is 0 Å². The van der Waals surface area contributed by atoms with E-state index in [1.54, 1.807) is 0 Å². The van der Waals surface area contributed by atoms with Gasteiger partial charge in [0, 0.05) is 11.4 Å². The first-order valence-electron chi connectivity index (χ1n) is 11.3. The van der Waals surface area contributed by atoms with Gasteiger partial charge in [-0.3, -0.25) is 0 Å². The summed E-state index contributed by atoms with van der Waals surface area (Å²) in [5.74, 6) is 0.503. The Hall–Kier alpha value is -3.32. The number of benzene rings is 2. The van der Waals surface area contributed by atoms with Crippen LogP contribution in [0.2, 0.25) is 0 Å². The predicted octanol–water partition coefficient (Wildman–Crippen LogP) is 8.03. The highest BCUT2D eigenvalue weighted by Crippen LogP contribution is 2.30. The first-order chi connectivity index (χ1) is 15.3. The zero-order valence-electron chi connectivity index (χ0n) is 18.1. The number of nitrogens with zero attached hydrogens (tertiary/aromatic N) is 1. The summed E-state index contributed by atoms with van der Waals surface area (Å²) < 4.78 is 0. The normalized spacial score (nSPS) is 18.7. The van der Waals surface area contributed by atoms with Crippen LogP contribution >= 0.6 is 0 Å². The third-order valence-electron chi connectivity index (χ3n) is 5.88. The van der Waals surface area contributed by atoms with Crippen LogP contribution in [0.1, 0.15) is 25.7 Å². The van der Waals surface area contributed by atoms with Gasteiger partial charge in [-0.2, -0.15) is 0 Å². The standard InChI is InChI=1S/C30H31N/c1-2-28(20-12-15-25-13-6-3-7-14-25)31(29-18-10-5-11-19-29)30-23-21-27(22-24-30)26-16-8-4-9-17-26/h2-4,6-10,12-13,15-19,21-25,28H,1,5,11,14,20H2/b15-12+. The van der Waals surface area contributed by atoms with Gasteiger partial charge in [-0.1, -0.05) is 97.1 Å². The average molecular weight is 406 g/mol. The highest BCUT2D eigenvalue weighted by molar-refractivity contribution is 5.68. The zero-order chi connectivity index (χ0) is 21.3. The largest absolute Gasteiger partial charge is 0.335 e. The number of hydrogen-bond acceptors (Lipinski definition) is 1. The molecule has 2 aromatic rings. The molecule has 0 fully saturated rings. The van der Waals surface area contributed by atoms with Crippen molar-refractivity contribution in [3.63, 3.8) is 0 Å². The highest BCUT2D eigenvalue weighted by Gasteiger charge is 2.19. The molecule has 0 spiro atoms. The summed E-state index contributed by atoms with van der Waals surface area (Å²) in [5, 5.41) is 0. The van der Waals surface area contributed by atoms with Crippen LogP contribution in [0.15, 0.2) is 128 Å². The van der Waals surface area contributed by atoms with Crippen LogP contribution in [-0.2, 0) is 0 Å². The maximum atomic E-state index is 4.18. The van der Waals surface area contributed by atoms with Gasteiger partial charge in [-0.15, -0.1) is 6.58 Å². The van der Waals surface area contributed by atoms with Gasteiger partial charge in [0.25, 0.3) is 0 Å². The molecule has 0 heterocycles. The lowest BCUT2D eigenvalue weighted by Gasteiger charge is -2.33. The van der Waals surface area contributed by atoms with E-state index in [1.165, 1.54) is 22.5 Å². The molecule has 0 radical (unpaired) electrons. The molecule has 2 aliphatic carbocycles. The Balaban J connectivity index is 1.57. The van der Waals surface area contributed by atoms with Gasteiger partial charge >= 0.3 is 0 Å². The van der Waals surface area contributed by atoms with Crippen molar-refractivity contribution in [2.24, 2.45) is 5.92 Å².